The van der Waals surface area contributed by atoms with E-state index in [0.29, 0.717) is 18.0 Å². The number of pyridine rings is 1. The predicted molar refractivity (Wildman–Crippen MR) is 99.1 cm³/mol. The van der Waals surface area contributed by atoms with Crippen molar-refractivity contribution < 1.29 is 8.42 Å². The molecule has 1 aliphatic heterocycles. The number of aryl methyl sites for hydroxylation is 1. The number of piperidine rings is 1. The van der Waals surface area contributed by atoms with Crippen LogP contribution in [0.3, 0.4) is 0 Å². The molecular formula is C17H24ClN3O2S. The van der Waals surface area contributed by atoms with E-state index >= 15 is 0 Å². The molecule has 3 rings (SSSR count). The zero-order valence-electron chi connectivity index (χ0n) is 13.8. The van der Waals surface area contributed by atoms with Crippen molar-refractivity contribution in [3.63, 3.8) is 0 Å². The molecule has 1 atom stereocenters. The van der Waals surface area contributed by atoms with Crippen LogP contribution in [0.15, 0.2) is 35.4 Å². The first kappa shape index (κ1) is 19.1. The highest BCUT2D eigenvalue weighted by molar-refractivity contribution is 7.89. The Bertz CT molecular complexity index is 790. The number of benzene rings is 1. The molecule has 2 heterocycles. The minimum atomic E-state index is -3.53. The number of halogens is 1. The van der Waals surface area contributed by atoms with E-state index in [4.69, 9.17) is 0 Å². The molecule has 2 N–H and O–H groups in total. The third-order valence-corrected chi connectivity index (χ3v) is 5.84. The van der Waals surface area contributed by atoms with Crippen LogP contribution in [0.5, 0.6) is 0 Å². The summed E-state index contributed by atoms with van der Waals surface area (Å²) in [7, 11) is -3.53. The zero-order chi connectivity index (χ0) is 16.3. The summed E-state index contributed by atoms with van der Waals surface area (Å²) in [6.07, 6.45) is 4.91. The average Bonchev–Trinajstić information content (AvgIpc) is 2.55. The highest BCUT2D eigenvalue weighted by atomic mass is 35.5. The van der Waals surface area contributed by atoms with Crippen LogP contribution in [-0.4, -0.2) is 33.0 Å². The molecule has 0 aliphatic carbocycles. The van der Waals surface area contributed by atoms with Gasteiger partial charge in [-0.05, 0) is 62.9 Å². The van der Waals surface area contributed by atoms with Crippen LogP contribution in [-0.2, 0) is 10.0 Å². The molecule has 0 bridgehead atoms. The molecule has 132 valence electrons. The second kappa shape index (κ2) is 8.25. The first-order chi connectivity index (χ1) is 11.1. The number of rotatable bonds is 5. The lowest BCUT2D eigenvalue weighted by Crippen LogP contribution is -2.33. The van der Waals surface area contributed by atoms with Gasteiger partial charge in [-0.1, -0.05) is 12.1 Å². The van der Waals surface area contributed by atoms with Gasteiger partial charge in [-0.25, -0.2) is 13.1 Å². The van der Waals surface area contributed by atoms with Crippen LogP contribution in [0, 0.1) is 12.8 Å². The van der Waals surface area contributed by atoms with Crippen molar-refractivity contribution in [3.05, 3.63) is 36.0 Å². The molecule has 1 aliphatic rings. The SMILES string of the molecule is Cc1cnc2c(S(=O)(=O)NCCC3CCCNC3)cccc2c1.Cl. The molecule has 0 radical (unpaired) electrons. The Morgan fingerprint density at radius 3 is 2.96 bits per heavy atom. The van der Waals surface area contributed by atoms with Crippen LogP contribution in [0.4, 0.5) is 0 Å². The standard InChI is InChI=1S/C17H23N3O2S.ClH/c1-13-10-15-5-2-6-16(17(15)19-11-13)23(21,22)20-9-7-14-4-3-8-18-12-14;/h2,5-6,10-11,14,18,20H,3-4,7-9,12H2,1H3;1H. The van der Waals surface area contributed by atoms with Crippen LogP contribution >= 0.6 is 12.4 Å². The van der Waals surface area contributed by atoms with Gasteiger partial charge in [-0.2, -0.15) is 0 Å². The molecule has 1 unspecified atom stereocenters. The number of hydrogen-bond acceptors (Lipinski definition) is 4. The molecule has 0 spiro atoms. The van der Waals surface area contributed by atoms with Gasteiger partial charge in [0.05, 0.1) is 5.52 Å². The summed E-state index contributed by atoms with van der Waals surface area (Å²) in [6.45, 7) is 4.47. The van der Waals surface area contributed by atoms with Gasteiger partial charge in [-0.15, -0.1) is 12.4 Å². The van der Waals surface area contributed by atoms with Crippen molar-refractivity contribution >= 4 is 33.3 Å². The van der Waals surface area contributed by atoms with Crippen molar-refractivity contribution in [2.75, 3.05) is 19.6 Å². The van der Waals surface area contributed by atoms with E-state index in [1.807, 2.05) is 19.1 Å². The Morgan fingerprint density at radius 2 is 2.21 bits per heavy atom. The molecule has 0 saturated carbocycles. The Morgan fingerprint density at radius 1 is 1.38 bits per heavy atom. The molecule has 5 nitrogen and oxygen atoms in total. The van der Waals surface area contributed by atoms with Crippen molar-refractivity contribution in [2.24, 2.45) is 5.92 Å². The number of fused-ring (bicyclic) bond motifs is 1. The maximum absolute atomic E-state index is 12.6. The number of sulfonamides is 1. The maximum atomic E-state index is 12.6. The lowest BCUT2D eigenvalue weighted by atomic mass is 9.96. The second-order valence-corrected chi connectivity index (χ2v) is 7.97. The van der Waals surface area contributed by atoms with E-state index in [-0.39, 0.29) is 17.3 Å². The van der Waals surface area contributed by atoms with Crippen molar-refractivity contribution in [1.82, 2.24) is 15.0 Å². The van der Waals surface area contributed by atoms with Gasteiger partial charge in [0.1, 0.15) is 4.90 Å². The third kappa shape index (κ3) is 4.45. The Hall–Kier alpha value is -1.21. The second-order valence-electron chi connectivity index (χ2n) is 6.24. The Labute approximate surface area is 149 Å². The molecule has 0 amide bonds. The van der Waals surface area contributed by atoms with E-state index in [0.717, 1.165) is 30.5 Å². The van der Waals surface area contributed by atoms with Gasteiger partial charge in [0.15, 0.2) is 0 Å². The van der Waals surface area contributed by atoms with Gasteiger partial charge in [0, 0.05) is 18.1 Å². The van der Waals surface area contributed by atoms with Gasteiger partial charge in [0.2, 0.25) is 10.0 Å². The van der Waals surface area contributed by atoms with E-state index in [1.165, 1.54) is 12.8 Å². The largest absolute Gasteiger partial charge is 0.316 e. The summed E-state index contributed by atoms with van der Waals surface area (Å²) < 4.78 is 27.9. The van der Waals surface area contributed by atoms with E-state index < -0.39 is 10.0 Å². The Kier molecular flexibility index (Phi) is 6.57. The number of nitrogens with one attached hydrogen (secondary N) is 2. The molecule has 1 fully saturated rings. The maximum Gasteiger partial charge on any atom is 0.242 e. The summed E-state index contributed by atoms with van der Waals surface area (Å²) in [6, 6.07) is 7.23. The summed E-state index contributed by atoms with van der Waals surface area (Å²) in [4.78, 5) is 4.58. The summed E-state index contributed by atoms with van der Waals surface area (Å²) in [5.74, 6) is 0.555. The molecule has 1 aromatic carbocycles. The molecule has 24 heavy (non-hydrogen) atoms. The lowest BCUT2D eigenvalue weighted by molar-refractivity contribution is 0.358. The Balaban J connectivity index is 0.00000208. The number of hydrogen-bond donors (Lipinski definition) is 2. The van der Waals surface area contributed by atoms with E-state index in [2.05, 4.69) is 15.0 Å². The van der Waals surface area contributed by atoms with Crippen molar-refractivity contribution in [2.45, 2.75) is 31.1 Å². The van der Waals surface area contributed by atoms with Gasteiger partial charge < -0.3 is 5.32 Å². The number of para-hydroxylation sites is 1. The predicted octanol–water partition coefficient (Wildman–Crippen LogP) is 2.63. The zero-order valence-corrected chi connectivity index (χ0v) is 15.4. The monoisotopic (exact) mass is 369 g/mol. The smallest absolute Gasteiger partial charge is 0.242 e. The summed E-state index contributed by atoms with van der Waals surface area (Å²) >= 11 is 0. The molecule has 1 aromatic heterocycles. The summed E-state index contributed by atoms with van der Waals surface area (Å²) in [5.41, 5.74) is 1.55. The normalized spacial score (nSPS) is 18.3. The van der Waals surface area contributed by atoms with Crippen molar-refractivity contribution in [3.8, 4) is 0 Å². The van der Waals surface area contributed by atoms with Crippen LogP contribution in [0.2, 0.25) is 0 Å². The van der Waals surface area contributed by atoms with Gasteiger partial charge >= 0.3 is 0 Å². The van der Waals surface area contributed by atoms with E-state index in [9.17, 15) is 8.42 Å². The fourth-order valence-electron chi connectivity index (χ4n) is 3.11. The minimum absolute atomic E-state index is 0. The third-order valence-electron chi connectivity index (χ3n) is 4.34. The highest BCUT2D eigenvalue weighted by Gasteiger charge is 2.19. The van der Waals surface area contributed by atoms with Crippen LogP contribution in [0.25, 0.3) is 10.9 Å². The summed E-state index contributed by atoms with van der Waals surface area (Å²) in [5, 5.41) is 4.21. The number of aromatic nitrogens is 1. The molecule has 2 aromatic rings. The first-order valence-corrected chi connectivity index (χ1v) is 9.60. The van der Waals surface area contributed by atoms with Crippen LogP contribution < -0.4 is 10.0 Å². The lowest BCUT2D eigenvalue weighted by Gasteiger charge is -2.22. The van der Waals surface area contributed by atoms with Crippen LogP contribution in [0.1, 0.15) is 24.8 Å². The van der Waals surface area contributed by atoms with Crippen molar-refractivity contribution in [1.29, 1.82) is 0 Å². The molecule has 7 heteroatoms. The quantitative estimate of drug-likeness (QED) is 0.849. The topological polar surface area (TPSA) is 71.1 Å². The number of nitrogens with zero attached hydrogens (tertiary/aromatic N) is 1. The first-order valence-electron chi connectivity index (χ1n) is 8.12. The fourth-order valence-corrected chi connectivity index (χ4v) is 4.33. The average molecular weight is 370 g/mol. The minimum Gasteiger partial charge on any atom is -0.316 e. The highest BCUT2D eigenvalue weighted by Crippen LogP contribution is 2.22. The molecular weight excluding hydrogens is 346 g/mol. The van der Waals surface area contributed by atoms with Gasteiger partial charge in [-0.3, -0.25) is 4.98 Å². The fraction of sp³-hybridized carbons (Fsp3) is 0.471. The molecule has 1 saturated heterocycles. The van der Waals surface area contributed by atoms with E-state index in [1.54, 1.807) is 18.3 Å². The van der Waals surface area contributed by atoms with Gasteiger partial charge in [0.25, 0.3) is 0 Å².